The molecule has 0 unspecified atom stereocenters. The van der Waals surface area contributed by atoms with E-state index in [0.717, 1.165) is 5.56 Å². The number of para-hydroxylation sites is 1. The molecular formula is C15H10FO2. The number of hydrogen-bond donors (Lipinski definition) is 0. The zero-order valence-corrected chi connectivity index (χ0v) is 9.74. The summed E-state index contributed by atoms with van der Waals surface area (Å²) in [7, 11) is 1.59. The Bertz CT molecular complexity index is 701. The Labute approximate surface area is 104 Å². The molecule has 1 radical (unpaired) electrons. The highest BCUT2D eigenvalue weighted by molar-refractivity contribution is 5.94. The number of halogens is 1. The zero-order valence-electron chi connectivity index (χ0n) is 9.74. The number of benzene rings is 2. The number of furan rings is 1. The quantitative estimate of drug-likeness (QED) is 0.675. The van der Waals surface area contributed by atoms with Gasteiger partial charge in [-0.2, -0.15) is 0 Å². The number of fused-ring (bicyclic) bond motifs is 1. The fourth-order valence-electron chi connectivity index (χ4n) is 2.05. The molecule has 0 saturated heterocycles. The lowest BCUT2D eigenvalue weighted by Crippen LogP contribution is -1.88. The van der Waals surface area contributed by atoms with Crippen LogP contribution in [0.15, 0.2) is 46.9 Å². The normalized spacial score (nSPS) is 10.8. The van der Waals surface area contributed by atoms with E-state index < -0.39 is 0 Å². The Balaban J connectivity index is 2.34. The SMILES string of the molecule is COc1ccccc1-c1cc(F)cc2c[c]oc12. The minimum atomic E-state index is -0.307. The predicted octanol–water partition coefficient (Wildman–Crippen LogP) is 4.05. The van der Waals surface area contributed by atoms with Crippen molar-refractivity contribution in [3.63, 3.8) is 0 Å². The second-order valence-electron chi connectivity index (χ2n) is 3.94. The molecule has 89 valence electrons. The monoisotopic (exact) mass is 241 g/mol. The van der Waals surface area contributed by atoms with Gasteiger partial charge in [0.1, 0.15) is 17.1 Å². The Morgan fingerprint density at radius 3 is 2.83 bits per heavy atom. The maximum Gasteiger partial charge on any atom is 0.170 e. The largest absolute Gasteiger partial charge is 0.496 e. The van der Waals surface area contributed by atoms with Crippen LogP contribution >= 0.6 is 0 Å². The smallest absolute Gasteiger partial charge is 0.170 e. The molecule has 0 bridgehead atoms. The minimum absolute atomic E-state index is 0.307. The highest BCUT2D eigenvalue weighted by atomic mass is 19.1. The van der Waals surface area contributed by atoms with Gasteiger partial charge in [-0.15, -0.1) is 0 Å². The van der Waals surface area contributed by atoms with E-state index >= 15 is 0 Å². The summed E-state index contributed by atoms with van der Waals surface area (Å²) in [5.41, 5.74) is 2.08. The first-order valence-electron chi connectivity index (χ1n) is 5.52. The molecule has 1 aromatic heterocycles. The van der Waals surface area contributed by atoms with E-state index in [-0.39, 0.29) is 5.82 Å². The van der Waals surface area contributed by atoms with Crippen LogP contribution in [0.1, 0.15) is 0 Å². The number of hydrogen-bond acceptors (Lipinski definition) is 2. The summed E-state index contributed by atoms with van der Waals surface area (Å²) < 4.78 is 24.2. The van der Waals surface area contributed by atoms with Crippen LogP contribution < -0.4 is 4.74 Å². The summed E-state index contributed by atoms with van der Waals surface area (Å²) in [6, 6.07) is 11.9. The average Bonchev–Trinajstić information content (AvgIpc) is 2.85. The van der Waals surface area contributed by atoms with Crippen molar-refractivity contribution in [3.8, 4) is 16.9 Å². The lowest BCUT2D eigenvalue weighted by atomic mass is 10.0. The van der Waals surface area contributed by atoms with Crippen LogP contribution in [0.5, 0.6) is 5.75 Å². The van der Waals surface area contributed by atoms with Crippen LogP contribution in [0.25, 0.3) is 22.1 Å². The summed E-state index contributed by atoms with van der Waals surface area (Å²) in [5, 5.41) is 0.691. The number of rotatable bonds is 2. The van der Waals surface area contributed by atoms with E-state index in [4.69, 9.17) is 9.15 Å². The third-order valence-electron chi connectivity index (χ3n) is 2.85. The van der Waals surface area contributed by atoms with Gasteiger partial charge in [-0.05, 0) is 24.3 Å². The molecule has 0 aliphatic carbocycles. The Kier molecular flexibility index (Phi) is 2.52. The van der Waals surface area contributed by atoms with Crippen molar-refractivity contribution in [1.29, 1.82) is 0 Å². The molecule has 1 heterocycles. The van der Waals surface area contributed by atoms with E-state index in [1.54, 1.807) is 13.2 Å². The van der Waals surface area contributed by atoms with E-state index in [1.165, 1.54) is 12.1 Å². The first-order chi connectivity index (χ1) is 8.79. The molecule has 3 aromatic rings. The number of ether oxygens (including phenoxy) is 1. The molecule has 3 rings (SSSR count). The molecule has 0 atom stereocenters. The van der Waals surface area contributed by atoms with Crippen LogP contribution in [-0.2, 0) is 0 Å². The van der Waals surface area contributed by atoms with Crippen LogP contribution in [0.4, 0.5) is 4.39 Å². The Hall–Kier alpha value is -2.29. The molecular weight excluding hydrogens is 231 g/mol. The first kappa shape index (κ1) is 10.8. The third-order valence-corrected chi connectivity index (χ3v) is 2.85. The van der Waals surface area contributed by atoms with Crippen molar-refractivity contribution < 1.29 is 13.5 Å². The second-order valence-corrected chi connectivity index (χ2v) is 3.94. The van der Waals surface area contributed by atoms with Gasteiger partial charge in [0.05, 0.1) is 7.11 Å². The van der Waals surface area contributed by atoms with E-state index in [2.05, 4.69) is 6.26 Å². The lowest BCUT2D eigenvalue weighted by Gasteiger charge is -2.08. The molecule has 0 aliphatic heterocycles. The second kappa shape index (κ2) is 4.18. The summed E-state index contributed by atoms with van der Waals surface area (Å²) in [6.07, 6.45) is 2.63. The van der Waals surface area contributed by atoms with Gasteiger partial charge in [-0.3, -0.25) is 0 Å². The minimum Gasteiger partial charge on any atom is -0.496 e. The van der Waals surface area contributed by atoms with Crippen molar-refractivity contribution in [3.05, 3.63) is 54.5 Å². The van der Waals surface area contributed by atoms with Crippen molar-refractivity contribution in [2.24, 2.45) is 0 Å². The van der Waals surface area contributed by atoms with Gasteiger partial charge in [0, 0.05) is 16.5 Å². The van der Waals surface area contributed by atoms with Crippen LogP contribution in [0, 0.1) is 12.1 Å². The van der Waals surface area contributed by atoms with E-state index in [1.807, 2.05) is 24.3 Å². The molecule has 2 nitrogen and oxygen atoms in total. The third kappa shape index (κ3) is 1.64. The fraction of sp³-hybridized carbons (Fsp3) is 0.0667. The highest BCUT2D eigenvalue weighted by Gasteiger charge is 2.13. The molecule has 0 aliphatic rings. The summed E-state index contributed by atoms with van der Waals surface area (Å²) in [5.74, 6) is 0.374. The van der Waals surface area contributed by atoms with Gasteiger partial charge in [-0.25, -0.2) is 4.39 Å². The molecule has 2 aromatic carbocycles. The van der Waals surface area contributed by atoms with Crippen molar-refractivity contribution in [2.45, 2.75) is 0 Å². The predicted molar refractivity (Wildman–Crippen MR) is 67.0 cm³/mol. The van der Waals surface area contributed by atoms with Crippen molar-refractivity contribution in [2.75, 3.05) is 7.11 Å². The van der Waals surface area contributed by atoms with Crippen LogP contribution in [0.3, 0.4) is 0 Å². The summed E-state index contributed by atoms with van der Waals surface area (Å²) in [6.45, 7) is 0. The Morgan fingerprint density at radius 1 is 1.17 bits per heavy atom. The van der Waals surface area contributed by atoms with Gasteiger partial charge in [0.2, 0.25) is 0 Å². The van der Waals surface area contributed by atoms with Gasteiger partial charge >= 0.3 is 0 Å². The van der Waals surface area contributed by atoms with Gasteiger partial charge in [0.15, 0.2) is 6.26 Å². The van der Waals surface area contributed by atoms with Crippen molar-refractivity contribution >= 4 is 11.0 Å². The number of methoxy groups -OCH3 is 1. The average molecular weight is 241 g/mol. The lowest BCUT2D eigenvalue weighted by molar-refractivity contribution is 0.416. The molecule has 0 N–H and O–H groups in total. The van der Waals surface area contributed by atoms with Gasteiger partial charge in [0.25, 0.3) is 0 Å². The van der Waals surface area contributed by atoms with E-state index in [0.29, 0.717) is 22.3 Å². The molecule has 0 amide bonds. The topological polar surface area (TPSA) is 22.4 Å². The first-order valence-corrected chi connectivity index (χ1v) is 5.52. The molecule has 18 heavy (non-hydrogen) atoms. The maximum atomic E-state index is 13.6. The maximum absolute atomic E-state index is 13.6. The fourth-order valence-corrected chi connectivity index (χ4v) is 2.05. The van der Waals surface area contributed by atoms with E-state index in [9.17, 15) is 4.39 Å². The standard InChI is InChI=1S/C15H10FO2/c1-17-14-5-3-2-4-12(14)13-9-11(16)8-10-6-7-18-15(10)13/h2-6,8-9H,1H3. The molecule has 0 fully saturated rings. The highest BCUT2D eigenvalue weighted by Crippen LogP contribution is 2.35. The molecule has 0 saturated carbocycles. The zero-order chi connectivity index (χ0) is 12.5. The van der Waals surface area contributed by atoms with Crippen molar-refractivity contribution in [1.82, 2.24) is 0 Å². The van der Waals surface area contributed by atoms with Gasteiger partial charge < -0.3 is 9.15 Å². The molecule has 3 heteroatoms. The summed E-state index contributed by atoms with van der Waals surface area (Å²) >= 11 is 0. The Morgan fingerprint density at radius 2 is 2.00 bits per heavy atom. The molecule has 0 spiro atoms. The summed E-state index contributed by atoms with van der Waals surface area (Å²) in [4.78, 5) is 0. The van der Waals surface area contributed by atoms with Crippen LogP contribution in [0.2, 0.25) is 0 Å². The van der Waals surface area contributed by atoms with Crippen LogP contribution in [-0.4, -0.2) is 7.11 Å². The van der Waals surface area contributed by atoms with Gasteiger partial charge in [-0.1, -0.05) is 18.2 Å².